The molecule has 1 aromatic heterocycles. The van der Waals surface area contributed by atoms with E-state index in [1.807, 2.05) is 19.1 Å². The molecule has 0 saturated heterocycles. The van der Waals surface area contributed by atoms with Crippen molar-refractivity contribution in [3.8, 4) is 5.75 Å². The van der Waals surface area contributed by atoms with Crippen molar-refractivity contribution in [3.05, 3.63) is 42.0 Å². The van der Waals surface area contributed by atoms with Crippen LogP contribution in [0.5, 0.6) is 5.75 Å². The number of nitrogens with zero attached hydrogens (tertiary/aromatic N) is 3. The number of hydrogen-bond donors (Lipinski definition) is 0. The molecule has 0 aliphatic rings. The molecule has 0 atom stereocenters. The summed E-state index contributed by atoms with van der Waals surface area (Å²) in [4.78, 5) is 16.3. The number of methoxy groups -OCH3 is 1. The SMILES string of the molecule is CCn1ncnc1CC(=O)c1ccccc1OC. The van der Waals surface area contributed by atoms with Gasteiger partial charge in [0.25, 0.3) is 0 Å². The molecule has 0 spiro atoms. The fraction of sp³-hybridized carbons (Fsp3) is 0.308. The van der Waals surface area contributed by atoms with Crippen LogP contribution in [-0.2, 0) is 13.0 Å². The molecule has 2 rings (SSSR count). The van der Waals surface area contributed by atoms with Crippen molar-refractivity contribution in [2.75, 3.05) is 7.11 Å². The van der Waals surface area contributed by atoms with Crippen LogP contribution in [0.2, 0.25) is 0 Å². The van der Waals surface area contributed by atoms with Crippen LogP contribution in [0.1, 0.15) is 23.1 Å². The van der Waals surface area contributed by atoms with Crippen LogP contribution in [-0.4, -0.2) is 27.7 Å². The van der Waals surface area contributed by atoms with Gasteiger partial charge in [0.15, 0.2) is 5.78 Å². The Bertz CT molecular complexity index is 549. The zero-order chi connectivity index (χ0) is 13.0. The summed E-state index contributed by atoms with van der Waals surface area (Å²) in [6.07, 6.45) is 1.70. The number of carbonyl (C=O) groups is 1. The molecule has 0 fully saturated rings. The van der Waals surface area contributed by atoms with Gasteiger partial charge in [0.05, 0.1) is 19.1 Å². The molecule has 0 saturated carbocycles. The van der Waals surface area contributed by atoms with Crippen molar-refractivity contribution in [3.63, 3.8) is 0 Å². The third kappa shape index (κ3) is 2.40. The van der Waals surface area contributed by atoms with E-state index in [0.717, 1.165) is 0 Å². The van der Waals surface area contributed by atoms with E-state index < -0.39 is 0 Å². The number of ether oxygens (including phenoxy) is 1. The lowest BCUT2D eigenvalue weighted by Crippen LogP contribution is -2.11. The van der Waals surface area contributed by atoms with Crippen LogP contribution < -0.4 is 4.74 Å². The van der Waals surface area contributed by atoms with Crippen molar-refractivity contribution in [2.24, 2.45) is 0 Å². The van der Waals surface area contributed by atoms with E-state index in [0.29, 0.717) is 23.7 Å². The monoisotopic (exact) mass is 245 g/mol. The van der Waals surface area contributed by atoms with E-state index in [4.69, 9.17) is 4.74 Å². The summed E-state index contributed by atoms with van der Waals surface area (Å²) in [5.41, 5.74) is 0.575. The minimum absolute atomic E-state index is 0.0184. The van der Waals surface area contributed by atoms with Crippen LogP contribution in [0.15, 0.2) is 30.6 Å². The average molecular weight is 245 g/mol. The molecule has 2 aromatic rings. The van der Waals surface area contributed by atoms with Crippen LogP contribution in [0.4, 0.5) is 0 Å². The highest BCUT2D eigenvalue weighted by Gasteiger charge is 2.15. The summed E-state index contributed by atoms with van der Waals surface area (Å²) >= 11 is 0. The first-order valence-corrected chi connectivity index (χ1v) is 5.79. The molecular weight excluding hydrogens is 230 g/mol. The number of rotatable bonds is 5. The number of benzene rings is 1. The first kappa shape index (κ1) is 12.3. The van der Waals surface area contributed by atoms with Gasteiger partial charge in [-0.15, -0.1) is 0 Å². The van der Waals surface area contributed by atoms with Gasteiger partial charge in [-0.05, 0) is 19.1 Å². The Balaban J connectivity index is 2.22. The maximum absolute atomic E-state index is 12.2. The van der Waals surface area contributed by atoms with Crippen molar-refractivity contribution < 1.29 is 9.53 Å². The lowest BCUT2D eigenvalue weighted by molar-refractivity contribution is 0.0986. The number of ketones is 1. The molecular formula is C13H15N3O2. The van der Waals surface area contributed by atoms with Gasteiger partial charge < -0.3 is 4.74 Å². The van der Waals surface area contributed by atoms with E-state index in [9.17, 15) is 4.79 Å². The standard InChI is InChI=1S/C13H15N3O2/c1-3-16-13(14-9-15-16)8-11(17)10-6-4-5-7-12(10)18-2/h4-7,9H,3,8H2,1-2H3. The van der Waals surface area contributed by atoms with Crippen molar-refractivity contribution >= 4 is 5.78 Å². The Labute approximate surface area is 105 Å². The second-order valence-electron chi connectivity index (χ2n) is 3.79. The predicted molar refractivity (Wildman–Crippen MR) is 66.7 cm³/mol. The van der Waals surface area contributed by atoms with Crippen molar-refractivity contribution in [1.29, 1.82) is 0 Å². The van der Waals surface area contributed by atoms with Gasteiger partial charge in [0, 0.05) is 6.54 Å². The smallest absolute Gasteiger partial charge is 0.174 e. The zero-order valence-corrected chi connectivity index (χ0v) is 10.5. The first-order chi connectivity index (χ1) is 8.76. The third-order valence-corrected chi connectivity index (χ3v) is 2.72. The molecule has 0 aliphatic heterocycles. The molecule has 0 aliphatic carbocycles. The topological polar surface area (TPSA) is 57.0 Å². The van der Waals surface area contributed by atoms with Gasteiger partial charge in [-0.3, -0.25) is 4.79 Å². The van der Waals surface area contributed by atoms with Crippen molar-refractivity contribution in [1.82, 2.24) is 14.8 Å². The van der Waals surface area contributed by atoms with E-state index >= 15 is 0 Å². The predicted octanol–water partition coefficient (Wildman–Crippen LogP) is 1.73. The minimum Gasteiger partial charge on any atom is -0.496 e. The van der Waals surface area contributed by atoms with Gasteiger partial charge >= 0.3 is 0 Å². The summed E-state index contributed by atoms with van der Waals surface area (Å²) in [5.74, 6) is 1.24. The van der Waals surface area contributed by atoms with Crippen molar-refractivity contribution in [2.45, 2.75) is 19.9 Å². The number of Topliss-reactive ketones (excluding diaryl/α,β-unsaturated/α-hetero) is 1. The first-order valence-electron chi connectivity index (χ1n) is 5.79. The van der Waals surface area contributed by atoms with Crippen LogP contribution in [0.25, 0.3) is 0 Å². The normalized spacial score (nSPS) is 10.3. The Morgan fingerprint density at radius 3 is 2.89 bits per heavy atom. The summed E-state index contributed by atoms with van der Waals surface area (Å²) < 4.78 is 6.89. The van der Waals surface area contributed by atoms with Gasteiger partial charge in [0.2, 0.25) is 0 Å². The van der Waals surface area contributed by atoms with Crippen LogP contribution in [0, 0.1) is 0 Å². The molecule has 1 aromatic carbocycles. The summed E-state index contributed by atoms with van der Waals surface area (Å²) in [6, 6.07) is 7.19. The second-order valence-corrected chi connectivity index (χ2v) is 3.79. The Morgan fingerprint density at radius 2 is 2.17 bits per heavy atom. The Kier molecular flexibility index (Phi) is 3.72. The van der Waals surface area contributed by atoms with Gasteiger partial charge in [-0.2, -0.15) is 5.10 Å². The zero-order valence-electron chi connectivity index (χ0n) is 10.5. The molecule has 94 valence electrons. The number of carbonyl (C=O) groups excluding carboxylic acids is 1. The van der Waals surface area contributed by atoms with E-state index in [-0.39, 0.29) is 12.2 Å². The molecule has 0 N–H and O–H groups in total. The maximum Gasteiger partial charge on any atom is 0.174 e. The quantitative estimate of drug-likeness (QED) is 0.753. The van der Waals surface area contributed by atoms with Gasteiger partial charge in [-0.1, -0.05) is 12.1 Å². The summed E-state index contributed by atoms with van der Waals surface area (Å²) in [5, 5.41) is 4.05. The lowest BCUT2D eigenvalue weighted by Gasteiger charge is -2.07. The number of para-hydroxylation sites is 1. The maximum atomic E-state index is 12.2. The van der Waals surface area contributed by atoms with E-state index in [1.165, 1.54) is 6.33 Å². The summed E-state index contributed by atoms with van der Waals surface area (Å²) in [6.45, 7) is 2.67. The second kappa shape index (κ2) is 5.44. The Hall–Kier alpha value is -2.17. The van der Waals surface area contributed by atoms with E-state index in [1.54, 1.807) is 23.9 Å². The largest absolute Gasteiger partial charge is 0.496 e. The molecule has 0 amide bonds. The fourth-order valence-corrected chi connectivity index (χ4v) is 1.80. The Morgan fingerprint density at radius 1 is 1.39 bits per heavy atom. The van der Waals surface area contributed by atoms with E-state index in [2.05, 4.69) is 10.1 Å². The molecule has 1 heterocycles. The highest BCUT2D eigenvalue weighted by molar-refractivity contribution is 5.99. The molecule has 18 heavy (non-hydrogen) atoms. The third-order valence-electron chi connectivity index (χ3n) is 2.72. The van der Waals surface area contributed by atoms with Gasteiger partial charge in [0.1, 0.15) is 17.9 Å². The summed E-state index contributed by atoms with van der Waals surface area (Å²) in [7, 11) is 1.56. The molecule has 0 unspecified atom stereocenters. The minimum atomic E-state index is -0.0184. The highest BCUT2D eigenvalue weighted by atomic mass is 16.5. The number of hydrogen-bond acceptors (Lipinski definition) is 4. The molecule has 5 nitrogen and oxygen atoms in total. The average Bonchev–Trinajstić information content (AvgIpc) is 2.85. The molecule has 0 bridgehead atoms. The number of aryl methyl sites for hydroxylation is 1. The lowest BCUT2D eigenvalue weighted by atomic mass is 10.1. The number of aromatic nitrogens is 3. The van der Waals surface area contributed by atoms with Crippen LogP contribution >= 0.6 is 0 Å². The van der Waals surface area contributed by atoms with Crippen LogP contribution in [0.3, 0.4) is 0 Å². The van der Waals surface area contributed by atoms with Gasteiger partial charge in [-0.25, -0.2) is 9.67 Å². The highest BCUT2D eigenvalue weighted by Crippen LogP contribution is 2.19. The fourth-order valence-electron chi connectivity index (χ4n) is 1.80. The molecule has 0 radical (unpaired) electrons. The molecule has 5 heteroatoms.